The van der Waals surface area contributed by atoms with Gasteiger partial charge < -0.3 is 10.8 Å². The quantitative estimate of drug-likeness (QED) is 0.899. The van der Waals surface area contributed by atoms with E-state index in [9.17, 15) is 5.11 Å². The van der Waals surface area contributed by atoms with E-state index in [0.29, 0.717) is 17.8 Å². The van der Waals surface area contributed by atoms with Gasteiger partial charge in [0.15, 0.2) is 0 Å². The number of rotatable bonds is 3. The number of nitrogens with zero attached hydrogens (tertiary/aromatic N) is 3. The van der Waals surface area contributed by atoms with Crippen LogP contribution in [0.2, 0.25) is 0 Å². The maximum absolute atomic E-state index is 11.6. The van der Waals surface area contributed by atoms with Crippen molar-refractivity contribution >= 4 is 5.95 Å². The van der Waals surface area contributed by atoms with Crippen LogP contribution in [0.25, 0.3) is 0 Å². The van der Waals surface area contributed by atoms with Crippen LogP contribution in [0.4, 0.5) is 5.95 Å². The summed E-state index contributed by atoms with van der Waals surface area (Å²) in [6.45, 7) is 4.85. The fourth-order valence-corrected chi connectivity index (χ4v) is 4.65. The molecule has 0 spiro atoms. The Hall–Kier alpha value is -1.98. The Morgan fingerprint density at radius 3 is 2.64 bits per heavy atom. The number of fused-ring (bicyclic) bond motifs is 1. The van der Waals surface area contributed by atoms with E-state index in [1.807, 2.05) is 0 Å². The van der Waals surface area contributed by atoms with Gasteiger partial charge in [-0.25, -0.2) is 9.97 Å². The van der Waals surface area contributed by atoms with Gasteiger partial charge in [-0.05, 0) is 37.7 Å². The Balaban J connectivity index is 1.53. The summed E-state index contributed by atoms with van der Waals surface area (Å²) in [5, 5.41) is 11.6. The summed E-state index contributed by atoms with van der Waals surface area (Å²) < 4.78 is 0. The Morgan fingerprint density at radius 2 is 1.92 bits per heavy atom. The molecule has 2 aromatic rings. The second kappa shape index (κ2) is 6.39. The van der Waals surface area contributed by atoms with Crippen LogP contribution in [0.15, 0.2) is 36.7 Å². The summed E-state index contributed by atoms with van der Waals surface area (Å²) in [6.07, 6.45) is 6.75. The van der Waals surface area contributed by atoms with Crippen LogP contribution in [0.5, 0.6) is 0 Å². The van der Waals surface area contributed by atoms with Crippen molar-refractivity contribution < 1.29 is 5.11 Å². The zero-order valence-corrected chi connectivity index (χ0v) is 14.7. The predicted molar refractivity (Wildman–Crippen MR) is 97.6 cm³/mol. The molecule has 2 heterocycles. The molecule has 3 N–H and O–H groups in total. The van der Waals surface area contributed by atoms with Crippen molar-refractivity contribution in [3.63, 3.8) is 0 Å². The molecule has 1 aromatic heterocycles. The third-order valence-corrected chi connectivity index (χ3v) is 5.95. The van der Waals surface area contributed by atoms with Crippen molar-refractivity contribution in [1.29, 1.82) is 0 Å². The number of nitrogen functional groups attached to an aromatic ring is 1. The average Bonchev–Trinajstić information content (AvgIpc) is 3.02. The summed E-state index contributed by atoms with van der Waals surface area (Å²) in [5.74, 6) is 1.15. The largest absolute Gasteiger partial charge is 0.385 e. The van der Waals surface area contributed by atoms with Crippen molar-refractivity contribution in [2.24, 2.45) is 11.8 Å². The van der Waals surface area contributed by atoms with Gasteiger partial charge in [0.25, 0.3) is 0 Å². The minimum absolute atomic E-state index is 0.290. The van der Waals surface area contributed by atoms with Crippen LogP contribution >= 0.6 is 0 Å². The van der Waals surface area contributed by atoms with Gasteiger partial charge in [0.1, 0.15) is 0 Å². The molecule has 25 heavy (non-hydrogen) atoms. The molecule has 3 atom stereocenters. The summed E-state index contributed by atoms with van der Waals surface area (Å²) in [6, 6.07) is 8.42. The summed E-state index contributed by atoms with van der Waals surface area (Å²) in [4.78, 5) is 10.6. The van der Waals surface area contributed by atoms with Gasteiger partial charge in [-0.2, -0.15) is 0 Å². The molecule has 5 heteroatoms. The van der Waals surface area contributed by atoms with E-state index in [4.69, 9.17) is 5.73 Å². The molecule has 2 aliphatic rings. The van der Waals surface area contributed by atoms with Crippen molar-refractivity contribution in [2.45, 2.75) is 38.3 Å². The first kappa shape index (κ1) is 16.5. The number of aromatic nitrogens is 2. The molecule has 1 saturated carbocycles. The number of likely N-dealkylation sites (tertiary alicyclic amines) is 1. The van der Waals surface area contributed by atoms with Gasteiger partial charge in [-0.15, -0.1) is 0 Å². The molecular formula is C20H26N4O. The minimum atomic E-state index is -0.705. The number of hydrogen-bond acceptors (Lipinski definition) is 5. The lowest BCUT2D eigenvalue weighted by Crippen LogP contribution is -2.42. The maximum Gasteiger partial charge on any atom is 0.219 e. The number of anilines is 1. The smallest absolute Gasteiger partial charge is 0.219 e. The molecule has 0 amide bonds. The summed E-state index contributed by atoms with van der Waals surface area (Å²) in [7, 11) is 0. The Morgan fingerprint density at radius 1 is 1.20 bits per heavy atom. The van der Waals surface area contributed by atoms with Crippen LogP contribution in [0.3, 0.4) is 0 Å². The van der Waals surface area contributed by atoms with Gasteiger partial charge in [0.2, 0.25) is 5.95 Å². The SMILES string of the molecule is Cc1ccc(C2(O)CCCC3CN(Cc4cnc(N)nc4)CC32)cc1. The Labute approximate surface area is 148 Å². The molecule has 132 valence electrons. The lowest BCUT2D eigenvalue weighted by Gasteiger charge is -2.41. The molecule has 2 fully saturated rings. The Bertz CT molecular complexity index is 730. The lowest BCUT2D eigenvalue weighted by atomic mass is 9.67. The van der Waals surface area contributed by atoms with Crippen LogP contribution < -0.4 is 5.73 Å². The highest BCUT2D eigenvalue weighted by Gasteiger charge is 2.49. The van der Waals surface area contributed by atoms with Crippen molar-refractivity contribution in [3.05, 3.63) is 53.3 Å². The monoisotopic (exact) mass is 338 g/mol. The van der Waals surface area contributed by atoms with E-state index in [1.165, 1.54) is 12.0 Å². The van der Waals surface area contributed by atoms with Gasteiger partial charge in [0, 0.05) is 43.5 Å². The Kier molecular flexibility index (Phi) is 4.21. The van der Waals surface area contributed by atoms with E-state index in [-0.39, 0.29) is 0 Å². The van der Waals surface area contributed by atoms with Crippen LogP contribution in [-0.4, -0.2) is 33.1 Å². The highest BCUT2D eigenvalue weighted by molar-refractivity contribution is 5.29. The number of benzene rings is 1. The van der Waals surface area contributed by atoms with Crippen molar-refractivity contribution in [3.8, 4) is 0 Å². The molecule has 0 radical (unpaired) electrons. The van der Waals surface area contributed by atoms with Gasteiger partial charge in [0.05, 0.1) is 5.60 Å². The second-order valence-electron chi connectivity index (χ2n) is 7.69. The highest BCUT2D eigenvalue weighted by Crippen LogP contribution is 2.48. The lowest BCUT2D eigenvalue weighted by molar-refractivity contribution is -0.0648. The fourth-order valence-electron chi connectivity index (χ4n) is 4.65. The zero-order valence-electron chi connectivity index (χ0n) is 14.7. The third kappa shape index (κ3) is 3.14. The van der Waals surface area contributed by atoms with E-state index in [0.717, 1.165) is 43.6 Å². The first-order chi connectivity index (χ1) is 12.0. The molecular weight excluding hydrogens is 312 g/mol. The topological polar surface area (TPSA) is 75.3 Å². The normalized spacial score (nSPS) is 29.5. The molecule has 1 aromatic carbocycles. The fraction of sp³-hybridized carbons (Fsp3) is 0.500. The van der Waals surface area contributed by atoms with Gasteiger partial charge in [-0.3, -0.25) is 4.90 Å². The van der Waals surface area contributed by atoms with Gasteiger partial charge in [-0.1, -0.05) is 29.8 Å². The van der Waals surface area contributed by atoms with E-state index in [2.05, 4.69) is 46.1 Å². The molecule has 0 bridgehead atoms. The highest BCUT2D eigenvalue weighted by atomic mass is 16.3. The van der Waals surface area contributed by atoms with E-state index in [1.54, 1.807) is 12.4 Å². The summed E-state index contributed by atoms with van der Waals surface area (Å²) >= 11 is 0. The summed E-state index contributed by atoms with van der Waals surface area (Å²) in [5.41, 5.74) is 8.25. The van der Waals surface area contributed by atoms with Crippen molar-refractivity contribution in [1.82, 2.24) is 14.9 Å². The van der Waals surface area contributed by atoms with Crippen molar-refractivity contribution in [2.75, 3.05) is 18.8 Å². The molecule has 3 unspecified atom stereocenters. The minimum Gasteiger partial charge on any atom is -0.385 e. The molecule has 1 aliphatic carbocycles. The molecule has 5 nitrogen and oxygen atoms in total. The third-order valence-electron chi connectivity index (χ3n) is 5.95. The van der Waals surface area contributed by atoms with Crippen LogP contribution in [0.1, 0.15) is 36.0 Å². The predicted octanol–water partition coefficient (Wildman–Crippen LogP) is 2.49. The first-order valence-electron chi connectivity index (χ1n) is 9.13. The average molecular weight is 338 g/mol. The van der Waals surface area contributed by atoms with Gasteiger partial charge >= 0.3 is 0 Å². The molecule has 4 rings (SSSR count). The number of aryl methyl sites for hydroxylation is 1. The second-order valence-corrected chi connectivity index (χ2v) is 7.69. The van der Waals surface area contributed by atoms with Crippen LogP contribution in [0, 0.1) is 18.8 Å². The zero-order chi connectivity index (χ0) is 17.4. The number of nitrogens with two attached hydrogens (primary N) is 1. The number of hydrogen-bond donors (Lipinski definition) is 2. The number of aliphatic hydroxyl groups is 1. The first-order valence-corrected chi connectivity index (χ1v) is 9.13. The van der Waals surface area contributed by atoms with Crippen LogP contribution in [-0.2, 0) is 12.1 Å². The van der Waals surface area contributed by atoms with E-state index < -0.39 is 5.60 Å². The standard InChI is InChI=1S/C20H26N4O/c1-14-4-6-17(7-5-14)20(25)8-2-3-16-12-24(13-18(16)20)11-15-9-22-19(21)23-10-15/h4-7,9-10,16,18,25H,2-3,8,11-13H2,1H3,(H2,21,22,23). The van der Waals surface area contributed by atoms with E-state index >= 15 is 0 Å². The molecule has 1 saturated heterocycles. The maximum atomic E-state index is 11.6. The molecule has 1 aliphatic heterocycles.